The molecule has 0 aromatic carbocycles. The molecule has 0 aromatic heterocycles. The van der Waals surface area contributed by atoms with Crippen molar-refractivity contribution in [3.63, 3.8) is 0 Å². The van der Waals surface area contributed by atoms with Crippen molar-refractivity contribution < 1.29 is 15.0 Å². The zero-order valence-corrected chi connectivity index (χ0v) is 9.18. The average Bonchev–Trinajstić information content (AvgIpc) is 2.15. The van der Waals surface area contributed by atoms with Gasteiger partial charge in [-0.3, -0.25) is 4.79 Å². The summed E-state index contributed by atoms with van der Waals surface area (Å²) in [7, 11) is 0. The molecule has 0 radical (unpaired) electrons. The van der Waals surface area contributed by atoms with Crippen LogP contribution in [0.25, 0.3) is 0 Å². The van der Waals surface area contributed by atoms with E-state index >= 15 is 0 Å². The van der Waals surface area contributed by atoms with Gasteiger partial charge >= 0.3 is 5.97 Å². The van der Waals surface area contributed by atoms with Crippen molar-refractivity contribution in [3.8, 4) is 0 Å². The molecule has 84 valence electrons. The van der Waals surface area contributed by atoms with E-state index in [1.807, 2.05) is 0 Å². The van der Waals surface area contributed by atoms with E-state index in [4.69, 9.17) is 10.2 Å². The first-order valence-electron chi connectivity index (χ1n) is 4.88. The second-order valence-corrected chi connectivity index (χ2v) is 4.16. The fourth-order valence-corrected chi connectivity index (χ4v) is 1.73. The van der Waals surface area contributed by atoms with Crippen LogP contribution >= 0.6 is 11.8 Å². The third-order valence-corrected chi connectivity index (χ3v) is 2.68. The van der Waals surface area contributed by atoms with E-state index in [1.165, 1.54) is 0 Å². The maximum Gasteiger partial charge on any atom is 0.303 e. The highest BCUT2D eigenvalue weighted by molar-refractivity contribution is 7.99. The van der Waals surface area contributed by atoms with Crippen LogP contribution in [0.2, 0.25) is 0 Å². The Labute approximate surface area is 89.1 Å². The number of carboxylic acids is 1. The van der Waals surface area contributed by atoms with Crippen LogP contribution in [0.1, 0.15) is 19.3 Å². The maximum atomic E-state index is 10.2. The van der Waals surface area contributed by atoms with Crippen LogP contribution in [0, 0.1) is 0 Å². The van der Waals surface area contributed by atoms with E-state index in [0.29, 0.717) is 6.42 Å². The van der Waals surface area contributed by atoms with Crippen molar-refractivity contribution in [1.29, 1.82) is 0 Å². The summed E-state index contributed by atoms with van der Waals surface area (Å²) >= 11 is 1.80. The first-order valence-corrected chi connectivity index (χ1v) is 6.04. The van der Waals surface area contributed by atoms with Gasteiger partial charge in [-0.1, -0.05) is 0 Å². The highest BCUT2D eigenvalue weighted by Crippen LogP contribution is 1.99. The second kappa shape index (κ2) is 10.8. The molecule has 0 amide bonds. The summed E-state index contributed by atoms with van der Waals surface area (Å²) < 4.78 is 0. The van der Waals surface area contributed by atoms with Crippen LogP contribution in [-0.2, 0) is 4.79 Å². The second-order valence-electron chi connectivity index (χ2n) is 2.94. The molecule has 0 fully saturated rings. The zero-order chi connectivity index (χ0) is 10.6. The molecule has 0 saturated heterocycles. The summed E-state index contributed by atoms with van der Waals surface area (Å²) in [6, 6.07) is 0. The van der Waals surface area contributed by atoms with Gasteiger partial charge in [0.25, 0.3) is 0 Å². The van der Waals surface area contributed by atoms with Crippen molar-refractivity contribution >= 4 is 17.7 Å². The summed E-state index contributed by atoms with van der Waals surface area (Å²) in [5, 5.41) is 20.0. The Hall–Kier alpha value is -0.260. The fourth-order valence-electron chi connectivity index (χ4n) is 0.903. The number of thioether (sulfide) groups is 1. The van der Waals surface area contributed by atoms with E-state index in [0.717, 1.165) is 31.0 Å². The molecule has 0 spiro atoms. The zero-order valence-electron chi connectivity index (χ0n) is 8.37. The van der Waals surface area contributed by atoms with E-state index in [2.05, 4.69) is 5.32 Å². The van der Waals surface area contributed by atoms with Crippen LogP contribution in [0.3, 0.4) is 0 Å². The van der Waals surface area contributed by atoms with Gasteiger partial charge in [0.2, 0.25) is 0 Å². The summed E-state index contributed by atoms with van der Waals surface area (Å²) in [6.07, 6.45) is 1.78. The van der Waals surface area contributed by atoms with Crippen molar-refractivity contribution in [1.82, 2.24) is 5.32 Å². The van der Waals surface area contributed by atoms with Crippen molar-refractivity contribution in [2.45, 2.75) is 19.3 Å². The van der Waals surface area contributed by atoms with Gasteiger partial charge in [0.05, 0.1) is 0 Å². The minimum absolute atomic E-state index is 0.241. The smallest absolute Gasteiger partial charge is 0.303 e. The van der Waals surface area contributed by atoms with E-state index in [1.54, 1.807) is 11.8 Å². The van der Waals surface area contributed by atoms with Crippen LogP contribution in [-0.4, -0.2) is 47.4 Å². The Morgan fingerprint density at radius 3 is 2.64 bits per heavy atom. The summed E-state index contributed by atoms with van der Waals surface area (Å²) in [4.78, 5) is 10.2. The Morgan fingerprint density at radius 1 is 1.21 bits per heavy atom. The largest absolute Gasteiger partial charge is 0.481 e. The number of hydrogen-bond acceptors (Lipinski definition) is 4. The molecule has 0 rings (SSSR count). The summed E-state index contributed by atoms with van der Waals surface area (Å²) in [5.41, 5.74) is 0. The number of aliphatic carboxylic acids is 1. The van der Waals surface area contributed by atoms with Crippen LogP contribution in [0.15, 0.2) is 0 Å². The highest BCUT2D eigenvalue weighted by atomic mass is 32.2. The monoisotopic (exact) mass is 221 g/mol. The molecule has 0 saturated carbocycles. The molecule has 5 heteroatoms. The molecule has 0 aliphatic heterocycles. The predicted molar refractivity (Wildman–Crippen MR) is 58.8 cm³/mol. The van der Waals surface area contributed by atoms with E-state index in [-0.39, 0.29) is 13.0 Å². The van der Waals surface area contributed by atoms with Crippen LogP contribution in [0.5, 0.6) is 0 Å². The predicted octanol–water partition coefficient (Wildman–Crippen LogP) is 0.556. The van der Waals surface area contributed by atoms with E-state index < -0.39 is 5.97 Å². The minimum atomic E-state index is -0.732. The minimum Gasteiger partial charge on any atom is -0.481 e. The number of nitrogens with one attached hydrogen (secondary N) is 1. The number of carbonyl (C=O) groups is 1. The fraction of sp³-hybridized carbons (Fsp3) is 0.889. The first kappa shape index (κ1) is 13.7. The molecule has 0 atom stereocenters. The van der Waals surface area contributed by atoms with Gasteiger partial charge in [0, 0.05) is 25.3 Å². The van der Waals surface area contributed by atoms with Crippen LogP contribution in [0.4, 0.5) is 0 Å². The Balaban J connectivity index is 2.88. The molecular weight excluding hydrogens is 202 g/mol. The van der Waals surface area contributed by atoms with E-state index in [9.17, 15) is 4.79 Å². The van der Waals surface area contributed by atoms with Crippen LogP contribution < -0.4 is 5.32 Å². The van der Waals surface area contributed by atoms with Gasteiger partial charge in [-0.25, -0.2) is 0 Å². The third kappa shape index (κ3) is 11.7. The van der Waals surface area contributed by atoms with Gasteiger partial charge in [-0.15, -0.1) is 0 Å². The summed E-state index contributed by atoms with van der Waals surface area (Å²) in [6.45, 7) is 1.95. The number of aliphatic hydroxyl groups excluding tert-OH is 1. The number of rotatable bonds is 10. The quantitative estimate of drug-likeness (QED) is 0.470. The molecule has 0 bridgehead atoms. The normalized spacial score (nSPS) is 10.4. The lowest BCUT2D eigenvalue weighted by atomic mass is 10.3. The van der Waals surface area contributed by atoms with Crippen molar-refractivity contribution in [3.05, 3.63) is 0 Å². The van der Waals surface area contributed by atoms with Crippen molar-refractivity contribution in [2.75, 3.05) is 31.2 Å². The molecule has 0 aliphatic carbocycles. The van der Waals surface area contributed by atoms with Crippen molar-refractivity contribution in [2.24, 2.45) is 0 Å². The van der Waals surface area contributed by atoms with Gasteiger partial charge < -0.3 is 15.5 Å². The molecule has 0 aliphatic rings. The molecule has 4 nitrogen and oxygen atoms in total. The third-order valence-electron chi connectivity index (χ3n) is 1.61. The van der Waals surface area contributed by atoms with Gasteiger partial charge in [-0.2, -0.15) is 11.8 Å². The molecule has 14 heavy (non-hydrogen) atoms. The number of hydrogen-bond donors (Lipinski definition) is 3. The molecular formula is C9H19NO3S. The Kier molecular flexibility index (Phi) is 10.6. The standard InChI is InChI=1S/C9H19NO3S/c11-6-2-7-14-8-5-10-4-1-3-9(12)13/h10-11H,1-8H2,(H,12,13). The topological polar surface area (TPSA) is 69.6 Å². The maximum absolute atomic E-state index is 10.2. The van der Waals surface area contributed by atoms with Gasteiger partial charge in [0.15, 0.2) is 0 Å². The summed E-state index contributed by atoms with van der Waals surface area (Å²) in [5.74, 6) is 1.28. The Morgan fingerprint density at radius 2 is 2.00 bits per heavy atom. The SMILES string of the molecule is O=C(O)CCCNCCSCCCO. The molecule has 3 N–H and O–H groups in total. The first-order chi connectivity index (χ1) is 6.77. The average molecular weight is 221 g/mol. The highest BCUT2D eigenvalue weighted by Gasteiger charge is 1.95. The van der Waals surface area contributed by atoms with Gasteiger partial charge in [0.1, 0.15) is 0 Å². The molecule has 0 unspecified atom stereocenters. The lowest BCUT2D eigenvalue weighted by Gasteiger charge is -2.02. The molecule has 0 heterocycles. The van der Waals surface area contributed by atoms with Gasteiger partial charge in [-0.05, 0) is 25.1 Å². The molecule has 0 aromatic rings. The number of carboxylic acid groups (broad SMARTS) is 1. The lowest BCUT2D eigenvalue weighted by Crippen LogP contribution is -2.19. The lowest BCUT2D eigenvalue weighted by molar-refractivity contribution is -0.137. The Bertz CT molecular complexity index is 144. The number of aliphatic hydroxyl groups is 1.